The molecule has 1 aromatic rings. The van der Waals surface area contributed by atoms with Crippen molar-refractivity contribution in [2.24, 2.45) is 11.3 Å². The van der Waals surface area contributed by atoms with Crippen LogP contribution in [0.25, 0.3) is 0 Å². The van der Waals surface area contributed by atoms with E-state index in [1.165, 1.54) is 0 Å². The second kappa shape index (κ2) is 5.57. The van der Waals surface area contributed by atoms with Gasteiger partial charge in [-0.2, -0.15) is 0 Å². The van der Waals surface area contributed by atoms with Crippen LogP contribution < -0.4 is 0 Å². The number of benzene rings is 1. The number of ketones is 1. The minimum Gasteiger partial charge on any atom is -0.508 e. The number of aliphatic hydroxyl groups excluding tert-OH is 2. The summed E-state index contributed by atoms with van der Waals surface area (Å²) in [5.74, 6) is -0.312. The monoisotopic (exact) mass is 332 g/mol. The van der Waals surface area contributed by atoms with Crippen LogP contribution in [0.5, 0.6) is 5.75 Å². The van der Waals surface area contributed by atoms with E-state index in [0.29, 0.717) is 5.56 Å². The molecule has 2 aliphatic carbocycles. The zero-order chi connectivity index (χ0) is 17.9. The van der Waals surface area contributed by atoms with Crippen LogP contribution in [0.3, 0.4) is 0 Å². The molecule has 2 aliphatic rings. The van der Waals surface area contributed by atoms with Crippen LogP contribution in [0.1, 0.15) is 74.4 Å². The van der Waals surface area contributed by atoms with E-state index in [9.17, 15) is 20.1 Å². The third-order valence-electron chi connectivity index (χ3n) is 6.50. The van der Waals surface area contributed by atoms with E-state index in [2.05, 4.69) is 6.92 Å². The van der Waals surface area contributed by atoms with Crippen molar-refractivity contribution in [2.75, 3.05) is 6.61 Å². The topological polar surface area (TPSA) is 77.8 Å². The number of Topliss-reactive ketones (excluding diaryl/α,β-unsaturated/α-hetero) is 1. The first kappa shape index (κ1) is 17.4. The van der Waals surface area contributed by atoms with Crippen LogP contribution in [-0.2, 0) is 5.41 Å². The smallest absolute Gasteiger partial charge is 0.191 e. The van der Waals surface area contributed by atoms with E-state index in [1.807, 2.05) is 20.8 Å². The van der Waals surface area contributed by atoms with Crippen molar-refractivity contribution in [1.29, 1.82) is 0 Å². The fourth-order valence-corrected chi connectivity index (χ4v) is 5.20. The Balaban J connectivity index is 2.25. The fourth-order valence-electron chi connectivity index (χ4n) is 5.20. The maximum absolute atomic E-state index is 12.9. The molecule has 1 fully saturated rings. The third-order valence-corrected chi connectivity index (χ3v) is 6.50. The summed E-state index contributed by atoms with van der Waals surface area (Å²) >= 11 is 0. The summed E-state index contributed by atoms with van der Waals surface area (Å²) in [5.41, 5.74) is 1.17. The Morgan fingerprint density at radius 2 is 1.92 bits per heavy atom. The molecule has 24 heavy (non-hydrogen) atoms. The lowest BCUT2D eigenvalue weighted by Gasteiger charge is -2.56. The number of hydrogen-bond acceptors (Lipinski definition) is 4. The molecule has 3 rings (SSSR count). The lowest BCUT2D eigenvalue weighted by Crippen LogP contribution is -2.58. The molecule has 132 valence electrons. The van der Waals surface area contributed by atoms with E-state index in [4.69, 9.17) is 0 Å². The van der Waals surface area contributed by atoms with Crippen molar-refractivity contribution >= 4 is 5.78 Å². The quantitative estimate of drug-likeness (QED) is 0.777. The molecule has 1 saturated carbocycles. The first-order valence-corrected chi connectivity index (χ1v) is 8.86. The van der Waals surface area contributed by atoms with E-state index < -0.39 is 16.9 Å². The molecule has 4 heteroatoms. The lowest BCUT2D eigenvalue weighted by atomic mass is 9.49. The molecule has 0 aliphatic heterocycles. The van der Waals surface area contributed by atoms with Crippen LogP contribution >= 0.6 is 0 Å². The summed E-state index contributed by atoms with van der Waals surface area (Å²) in [5, 5.41) is 31.2. The summed E-state index contributed by atoms with van der Waals surface area (Å²) in [4.78, 5) is 12.9. The molecule has 0 heterocycles. The van der Waals surface area contributed by atoms with Crippen LogP contribution in [-0.4, -0.2) is 33.8 Å². The molecule has 0 bridgehead atoms. The second-order valence-electron chi connectivity index (χ2n) is 8.48. The average Bonchev–Trinajstić information content (AvgIpc) is 2.52. The summed E-state index contributed by atoms with van der Waals surface area (Å²) < 4.78 is 0. The molecule has 0 radical (unpaired) electrons. The summed E-state index contributed by atoms with van der Waals surface area (Å²) in [6, 6.07) is 3.48. The standard InChI is InChI=1S/C20H28O4/c1-11(2)12-8-13-14(9-15(12)22)20(4)7-5-6-19(3,10-21)18(20)17(24)16(13)23/h8-9,11,17-18,21-22,24H,5-7,10H2,1-4H3. The van der Waals surface area contributed by atoms with E-state index in [-0.39, 0.29) is 30.0 Å². The number of phenols is 1. The van der Waals surface area contributed by atoms with Crippen molar-refractivity contribution < 1.29 is 20.1 Å². The highest BCUT2D eigenvalue weighted by Gasteiger charge is 2.58. The van der Waals surface area contributed by atoms with Gasteiger partial charge in [0.15, 0.2) is 5.78 Å². The second-order valence-corrected chi connectivity index (χ2v) is 8.48. The van der Waals surface area contributed by atoms with Gasteiger partial charge in [-0.25, -0.2) is 0 Å². The van der Waals surface area contributed by atoms with Gasteiger partial charge in [-0.15, -0.1) is 0 Å². The highest BCUT2D eigenvalue weighted by Crippen LogP contribution is 2.57. The van der Waals surface area contributed by atoms with Gasteiger partial charge in [-0.1, -0.05) is 34.1 Å². The van der Waals surface area contributed by atoms with Gasteiger partial charge in [0, 0.05) is 18.1 Å². The largest absolute Gasteiger partial charge is 0.508 e. The summed E-state index contributed by atoms with van der Waals surface area (Å²) in [6.45, 7) is 7.91. The van der Waals surface area contributed by atoms with Gasteiger partial charge in [0.1, 0.15) is 11.9 Å². The minimum absolute atomic E-state index is 0.0526. The third kappa shape index (κ3) is 2.23. The van der Waals surface area contributed by atoms with E-state index in [0.717, 1.165) is 30.4 Å². The predicted molar refractivity (Wildman–Crippen MR) is 92.4 cm³/mol. The Kier molecular flexibility index (Phi) is 4.04. The summed E-state index contributed by atoms with van der Waals surface area (Å²) in [7, 11) is 0. The van der Waals surface area contributed by atoms with E-state index >= 15 is 0 Å². The first-order valence-electron chi connectivity index (χ1n) is 8.86. The van der Waals surface area contributed by atoms with Crippen LogP contribution in [0.2, 0.25) is 0 Å². The molecule has 0 aromatic heterocycles. The Labute approximate surface area is 143 Å². The van der Waals surface area contributed by atoms with Gasteiger partial charge in [0.05, 0.1) is 0 Å². The maximum atomic E-state index is 12.9. The summed E-state index contributed by atoms with van der Waals surface area (Å²) in [6.07, 6.45) is 1.45. The number of hydrogen-bond donors (Lipinski definition) is 3. The van der Waals surface area contributed by atoms with Crippen LogP contribution in [0.15, 0.2) is 12.1 Å². The molecular weight excluding hydrogens is 304 g/mol. The van der Waals surface area contributed by atoms with E-state index in [1.54, 1.807) is 12.1 Å². The fraction of sp³-hybridized carbons (Fsp3) is 0.650. The molecule has 3 N–H and O–H groups in total. The maximum Gasteiger partial charge on any atom is 0.191 e. The molecule has 0 saturated heterocycles. The molecule has 0 amide bonds. The van der Waals surface area contributed by atoms with Gasteiger partial charge in [-0.3, -0.25) is 4.79 Å². The number of carbonyl (C=O) groups excluding carboxylic acids is 1. The highest BCUT2D eigenvalue weighted by atomic mass is 16.3. The molecule has 0 spiro atoms. The molecular formula is C20H28O4. The Hall–Kier alpha value is -1.39. The van der Waals surface area contributed by atoms with Gasteiger partial charge in [0.2, 0.25) is 0 Å². The van der Waals surface area contributed by atoms with Crippen molar-refractivity contribution in [1.82, 2.24) is 0 Å². The Bertz CT molecular complexity index is 680. The Morgan fingerprint density at radius 1 is 1.25 bits per heavy atom. The number of aliphatic hydroxyl groups is 2. The molecule has 1 aromatic carbocycles. The minimum atomic E-state index is -1.11. The molecule has 4 atom stereocenters. The average molecular weight is 332 g/mol. The van der Waals surface area contributed by atoms with Crippen molar-refractivity contribution in [3.05, 3.63) is 28.8 Å². The number of carbonyl (C=O) groups is 1. The number of aromatic hydroxyl groups is 1. The predicted octanol–water partition coefficient (Wildman–Crippen LogP) is 3.13. The van der Waals surface area contributed by atoms with Gasteiger partial charge in [0.25, 0.3) is 0 Å². The van der Waals surface area contributed by atoms with Gasteiger partial charge in [-0.05, 0) is 52.8 Å². The first-order chi connectivity index (χ1) is 11.2. The lowest BCUT2D eigenvalue weighted by molar-refractivity contribution is -0.0705. The highest BCUT2D eigenvalue weighted by molar-refractivity contribution is 6.03. The zero-order valence-corrected chi connectivity index (χ0v) is 15.0. The SMILES string of the molecule is CC(C)c1cc2c(cc1O)C1(C)CCCC(C)(CO)C1C(O)C2=O. The number of fused-ring (bicyclic) bond motifs is 3. The van der Waals surface area contributed by atoms with Gasteiger partial charge < -0.3 is 15.3 Å². The van der Waals surface area contributed by atoms with Crippen molar-refractivity contribution in [2.45, 2.75) is 64.4 Å². The van der Waals surface area contributed by atoms with Crippen LogP contribution in [0, 0.1) is 11.3 Å². The Morgan fingerprint density at radius 3 is 2.50 bits per heavy atom. The zero-order valence-electron chi connectivity index (χ0n) is 15.0. The van der Waals surface area contributed by atoms with Crippen molar-refractivity contribution in [3.63, 3.8) is 0 Å². The normalized spacial score (nSPS) is 35.7. The molecule has 4 unspecified atom stereocenters. The number of phenolic OH excluding ortho intramolecular Hbond substituents is 1. The molecule has 4 nitrogen and oxygen atoms in total. The van der Waals surface area contributed by atoms with Gasteiger partial charge >= 0.3 is 0 Å². The number of rotatable bonds is 2. The van der Waals surface area contributed by atoms with Crippen LogP contribution in [0.4, 0.5) is 0 Å². The van der Waals surface area contributed by atoms with Crippen molar-refractivity contribution in [3.8, 4) is 5.75 Å².